The zero-order valence-electron chi connectivity index (χ0n) is 9.35. The first-order valence-corrected chi connectivity index (χ1v) is 4.86. The molecule has 0 spiro atoms. The summed E-state index contributed by atoms with van der Waals surface area (Å²) in [5.41, 5.74) is -1.10. The topological polar surface area (TPSA) is 49.3 Å². The average molecular weight is 247 g/mol. The summed E-state index contributed by atoms with van der Waals surface area (Å²) in [5, 5.41) is 11.4. The highest BCUT2D eigenvalue weighted by molar-refractivity contribution is 5.74. The SMILES string of the molecule is CC(C)(CNc1cc(F)c(F)c(F)c1)C(=O)O. The molecule has 0 aliphatic carbocycles. The van der Waals surface area contributed by atoms with Crippen LogP contribution in [0.5, 0.6) is 0 Å². The van der Waals surface area contributed by atoms with E-state index in [4.69, 9.17) is 5.11 Å². The molecule has 3 nitrogen and oxygen atoms in total. The van der Waals surface area contributed by atoms with Crippen molar-refractivity contribution in [3.63, 3.8) is 0 Å². The van der Waals surface area contributed by atoms with E-state index in [0.717, 1.165) is 12.1 Å². The summed E-state index contributed by atoms with van der Waals surface area (Å²) in [5.74, 6) is -5.23. The first kappa shape index (κ1) is 13.3. The third-order valence-electron chi connectivity index (χ3n) is 2.30. The Morgan fingerprint density at radius 1 is 1.29 bits per heavy atom. The Morgan fingerprint density at radius 3 is 2.18 bits per heavy atom. The molecule has 0 aliphatic rings. The van der Waals surface area contributed by atoms with Crippen molar-refractivity contribution in [2.24, 2.45) is 5.41 Å². The minimum atomic E-state index is -1.55. The van der Waals surface area contributed by atoms with Crippen molar-refractivity contribution in [3.05, 3.63) is 29.6 Å². The van der Waals surface area contributed by atoms with E-state index in [2.05, 4.69) is 5.32 Å². The number of anilines is 1. The van der Waals surface area contributed by atoms with Gasteiger partial charge in [-0.1, -0.05) is 0 Å². The molecule has 2 N–H and O–H groups in total. The number of nitrogens with one attached hydrogen (secondary N) is 1. The summed E-state index contributed by atoms with van der Waals surface area (Å²) in [6, 6.07) is 1.55. The Morgan fingerprint density at radius 2 is 1.76 bits per heavy atom. The number of hydrogen-bond acceptors (Lipinski definition) is 2. The number of carboxylic acid groups (broad SMARTS) is 1. The van der Waals surface area contributed by atoms with Gasteiger partial charge in [-0.25, -0.2) is 13.2 Å². The van der Waals surface area contributed by atoms with E-state index < -0.39 is 28.8 Å². The van der Waals surface area contributed by atoms with Crippen LogP contribution in [0, 0.1) is 22.9 Å². The quantitative estimate of drug-likeness (QED) is 0.804. The molecule has 0 heterocycles. The van der Waals surface area contributed by atoms with Crippen LogP contribution in [0.1, 0.15) is 13.8 Å². The highest BCUT2D eigenvalue weighted by Gasteiger charge is 2.26. The summed E-state index contributed by atoms with van der Waals surface area (Å²) in [7, 11) is 0. The second kappa shape index (κ2) is 4.65. The Balaban J connectivity index is 2.81. The minimum Gasteiger partial charge on any atom is -0.481 e. The second-order valence-electron chi connectivity index (χ2n) is 4.30. The number of carbonyl (C=O) groups is 1. The standard InChI is InChI=1S/C11H12F3NO2/c1-11(2,10(16)17)5-15-6-3-7(12)9(14)8(13)4-6/h3-4,15H,5H2,1-2H3,(H,16,17). The molecule has 0 bridgehead atoms. The molecule has 0 unspecified atom stereocenters. The largest absolute Gasteiger partial charge is 0.481 e. The third-order valence-corrected chi connectivity index (χ3v) is 2.30. The summed E-state index contributed by atoms with van der Waals surface area (Å²) in [6.07, 6.45) is 0. The van der Waals surface area contributed by atoms with Gasteiger partial charge in [-0.3, -0.25) is 4.79 Å². The van der Waals surface area contributed by atoms with Crippen molar-refractivity contribution in [3.8, 4) is 0 Å². The summed E-state index contributed by atoms with van der Waals surface area (Å²) < 4.78 is 38.3. The minimum absolute atomic E-state index is 0.00396. The maximum Gasteiger partial charge on any atom is 0.310 e. The fourth-order valence-corrected chi connectivity index (χ4v) is 1.06. The Bertz CT molecular complexity index is 423. The van der Waals surface area contributed by atoms with Gasteiger partial charge < -0.3 is 10.4 Å². The first-order valence-electron chi connectivity index (χ1n) is 4.86. The van der Waals surface area contributed by atoms with Gasteiger partial charge >= 0.3 is 5.97 Å². The third kappa shape index (κ3) is 3.12. The molecule has 0 amide bonds. The lowest BCUT2D eigenvalue weighted by molar-refractivity contribution is -0.146. The van der Waals surface area contributed by atoms with Gasteiger partial charge in [0.05, 0.1) is 5.41 Å². The number of benzene rings is 1. The van der Waals surface area contributed by atoms with Crippen LogP contribution >= 0.6 is 0 Å². The van der Waals surface area contributed by atoms with Crippen molar-refractivity contribution < 1.29 is 23.1 Å². The van der Waals surface area contributed by atoms with Gasteiger partial charge in [-0.15, -0.1) is 0 Å². The molecular weight excluding hydrogens is 235 g/mol. The Labute approximate surface area is 96.3 Å². The molecule has 94 valence electrons. The smallest absolute Gasteiger partial charge is 0.310 e. The molecule has 0 saturated heterocycles. The van der Waals surface area contributed by atoms with Gasteiger partial charge in [0.25, 0.3) is 0 Å². The van der Waals surface area contributed by atoms with Crippen LogP contribution in [0.25, 0.3) is 0 Å². The van der Waals surface area contributed by atoms with Crippen LogP contribution in [0.3, 0.4) is 0 Å². The van der Waals surface area contributed by atoms with E-state index in [9.17, 15) is 18.0 Å². The number of rotatable bonds is 4. The molecular formula is C11H12F3NO2. The van der Waals surface area contributed by atoms with Crippen molar-refractivity contribution in [2.75, 3.05) is 11.9 Å². The van der Waals surface area contributed by atoms with E-state index in [1.807, 2.05) is 0 Å². The number of carboxylic acids is 1. The van der Waals surface area contributed by atoms with Crippen molar-refractivity contribution in [2.45, 2.75) is 13.8 Å². The molecule has 0 atom stereocenters. The molecule has 1 aromatic rings. The van der Waals surface area contributed by atoms with Gasteiger partial charge in [-0.2, -0.15) is 0 Å². The van der Waals surface area contributed by atoms with Crippen LogP contribution < -0.4 is 5.32 Å². The van der Waals surface area contributed by atoms with Gasteiger partial charge in [0.1, 0.15) is 0 Å². The van der Waals surface area contributed by atoms with E-state index in [-0.39, 0.29) is 12.2 Å². The maximum atomic E-state index is 12.8. The second-order valence-corrected chi connectivity index (χ2v) is 4.30. The Hall–Kier alpha value is -1.72. The van der Waals surface area contributed by atoms with E-state index in [1.54, 1.807) is 0 Å². The zero-order valence-corrected chi connectivity index (χ0v) is 9.35. The molecule has 0 aromatic heterocycles. The van der Waals surface area contributed by atoms with Crippen LogP contribution in [0.2, 0.25) is 0 Å². The summed E-state index contributed by atoms with van der Waals surface area (Å²) in [6.45, 7) is 2.88. The lowest BCUT2D eigenvalue weighted by Crippen LogP contribution is -2.31. The predicted octanol–water partition coefficient (Wildman–Crippen LogP) is 2.63. The molecule has 1 aromatic carbocycles. The van der Waals surface area contributed by atoms with Crippen LogP contribution in [-0.2, 0) is 4.79 Å². The fraction of sp³-hybridized carbons (Fsp3) is 0.364. The highest BCUT2D eigenvalue weighted by Crippen LogP contribution is 2.20. The van der Waals surface area contributed by atoms with E-state index in [1.165, 1.54) is 13.8 Å². The number of aliphatic carboxylic acids is 1. The predicted molar refractivity (Wildman–Crippen MR) is 56.2 cm³/mol. The van der Waals surface area contributed by atoms with Gasteiger partial charge in [0.15, 0.2) is 17.5 Å². The zero-order chi connectivity index (χ0) is 13.2. The van der Waals surface area contributed by atoms with Gasteiger partial charge in [-0.05, 0) is 13.8 Å². The Kier molecular flexibility index (Phi) is 3.65. The van der Waals surface area contributed by atoms with Crippen LogP contribution in [0.4, 0.5) is 18.9 Å². The molecule has 0 saturated carbocycles. The average Bonchev–Trinajstić information content (AvgIpc) is 2.22. The first-order chi connectivity index (χ1) is 7.74. The van der Waals surface area contributed by atoms with Gasteiger partial charge in [0, 0.05) is 24.4 Å². The summed E-state index contributed by atoms with van der Waals surface area (Å²) in [4.78, 5) is 10.8. The monoisotopic (exact) mass is 247 g/mol. The highest BCUT2D eigenvalue weighted by atomic mass is 19.2. The molecule has 17 heavy (non-hydrogen) atoms. The van der Waals surface area contributed by atoms with Crippen molar-refractivity contribution in [1.29, 1.82) is 0 Å². The normalized spacial score (nSPS) is 11.4. The number of halogens is 3. The van der Waals surface area contributed by atoms with Gasteiger partial charge in [0.2, 0.25) is 0 Å². The molecule has 1 rings (SSSR count). The van der Waals surface area contributed by atoms with Crippen LogP contribution in [0.15, 0.2) is 12.1 Å². The van der Waals surface area contributed by atoms with Crippen molar-refractivity contribution in [1.82, 2.24) is 0 Å². The lowest BCUT2D eigenvalue weighted by atomic mass is 9.94. The molecule has 6 heteroatoms. The van der Waals surface area contributed by atoms with Crippen LogP contribution in [-0.4, -0.2) is 17.6 Å². The molecule has 0 aliphatic heterocycles. The number of hydrogen-bond donors (Lipinski definition) is 2. The maximum absolute atomic E-state index is 12.8. The van der Waals surface area contributed by atoms with E-state index in [0.29, 0.717) is 0 Å². The van der Waals surface area contributed by atoms with Crippen molar-refractivity contribution >= 4 is 11.7 Å². The molecule has 0 radical (unpaired) electrons. The van der Waals surface area contributed by atoms with E-state index >= 15 is 0 Å². The lowest BCUT2D eigenvalue weighted by Gasteiger charge is -2.20. The fourth-order valence-electron chi connectivity index (χ4n) is 1.06. The summed E-state index contributed by atoms with van der Waals surface area (Å²) >= 11 is 0. The molecule has 0 fully saturated rings.